The van der Waals surface area contributed by atoms with Crippen LogP contribution >= 0.6 is 0 Å². The van der Waals surface area contributed by atoms with Gasteiger partial charge in [-0.15, -0.1) is 0 Å². The molecule has 3 aliphatic rings. The van der Waals surface area contributed by atoms with Crippen LogP contribution in [0.4, 0.5) is 17.6 Å². The first-order chi connectivity index (χ1) is 22.3. The molecule has 47 heavy (non-hydrogen) atoms. The molecule has 15 heteroatoms. The Kier molecular flexibility index (Phi) is 8.32. The first-order valence-electron chi connectivity index (χ1n) is 15.2. The van der Waals surface area contributed by atoms with E-state index in [1.165, 1.54) is 24.7 Å². The summed E-state index contributed by atoms with van der Waals surface area (Å²) in [5.41, 5.74) is 3.44. The molecule has 6 rings (SSSR count). The quantitative estimate of drug-likeness (QED) is 0.168. The molecule has 0 saturated carbocycles. The lowest BCUT2D eigenvalue weighted by molar-refractivity contribution is -0.225. The number of carbonyl (C=O) groups is 3. The van der Waals surface area contributed by atoms with E-state index in [2.05, 4.69) is 10.6 Å². The number of benzene rings is 1. The number of alkyl halides is 3. The molecule has 2 aliphatic heterocycles. The number of ether oxygens (including phenoxy) is 2. The lowest BCUT2D eigenvalue weighted by Gasteiger charge is -2.37. The van der Waals surface area contributed by atoms with Crippen molar-refractivity contribution in [2.24, 2.45) is 0 Å². The van der Waals surface area contributed by atoms with Gasteiger partial charge in [-0.25, -0.2) is 9.37 Å². The highest BCUT2D eigenvalue weighted by Crippen LogP contribution is 2.47. The highest BCUT2D eigenvalue weighted by molar-refractivity contribution is 5.94. The molecule has 2 amide bonds. The molecule has 2 aromatic heterocycles. The van der Waals surface area contributed by atoms with Gasteiger partial charge < -0.3 is 29.6 Å². The predicted octanol–water partition coefficient (Wildman–Crippen LogP) is 3.11. The van der Waals surface area contributed by atoms with E-state index in [0.717, 1.165) is 4.90 Å². The minimum Gasteiger partial charge on any atom is -0.460 e. The predicted molar refractivity (Wildman–Crippen MR) is 160 cm³/mol. The number of likely N-dealkylation sites (N-methyl/N-ethyl adjacent to an activating group) is 2. The lowest BCUT2D eigenvalue weighted by Crippen LogP contribution is -2.49. The van der Waals surface area contributed by atoms with E-state index in [-0.39, 0.29) is 43.6 Å². The fourth-order valence-corrected chi connectivity index (χ4v) is 7.01. The smallest absolute Gasteiger partial charge is 0.423 e. The van der Waals surface area contributed by atoms with Crippen LogP contribution in [-0.4, -0.2) is 71.9 Å². The Balaban J connectivity index is 1.47. The number of halogens is 4. The zero-order chi connectivity index (χ0) is 33.9. The van der Waals surface area contributed by atoms with E-state index < -0.39 is 54.6 Å². The summed E-state index contributed by atoms with van der Waals surface area (Å²) in [5, 5.41) is 5.27. The Morgan fingerprint density at radius 2 is 1.96 bits per heavy atom. The number of aryl methyl sites for hydroxylation is 1. The van der Waals surface area contributed by atoms with Gasteiger partial charge in [-0.3, -0.25) is 19.2 Å². The van der Waals surface area contributed by atoms with E-state index in [1.807, 2.05) is 0 Å². The van der Waals surface area contributed by atoms with E-state index in [4.69, 9.17) is 14.5 Å². The van der Waals surface area contributed by atoms with Crippen molar-refractivity contribution < 1.29 is 41.4 Å². The van der Waals surface area contributed by atoms with Crippen molar-refractivity contribution in [1.82, 2.24) is 25.1 Å². The zero-order valence-corrected chi connectivity index (χ0v) is 26.1. The van der Waals surface area contributed by atoms with E-state index in [1.54, 1.807) is 19.9 Å². The number of rotatable bonds is 8. The molecule has 3 atom stereocenters. The molecule has 0 radical (unpaired) electrons. The van der Waals surface area contributed by atoms with E-state index in [9.17, 15) is 32.3 Å². The number of aromatic nitrogens is 2. The standard InChI is InChI=1S/C32H33F4N5O6/c1-5-15-17-8-23-27-18(11-41(23)29(43)19(17)12-46-31(15)45)26-22(7-6-16-14(2)20(33)9-21(39-27)25(16)26)40(4)30(44)28(32(34,35)36)47-13-38-24(42)10-37-3/h8-9,15,22,28,37H,5-7,10-13H2,1-4H3,(H,38,42). The summed E-state index contributed by atoms with van der Waals surface area (Å²) in [4.78, 5) is 57.4. The monoisotopic (exact) mass is 659 g/mol. The van der Waals surface area contributed by atoms with Crippen LogP contribution in [0.15, 0.2) is 16.9 Å². The van der Waals surface area contributed by atoms with E-state index in [0.29, 0.717) is 56.6 Å². The Morgan fingerprint density at radius 3 is 2.64 bits per heavy atom. The SMILES string of the molecule is CCC1C(=O)OCc2c1cc1n(c2=O)Cc2c-1nc1cc(F)c(C)c3c1c2C(N(C)C(=O)C(OCNC(=O)CNC)C(F)(F)F)CC3. The number of carbonyl (C=O) groups excluding carboxylic acids is 3. The fraction of sp³-hybridized carbons (Fsp3) is 0.469. The highest BCUT2D eigenvalue weighted by atomic mass is 19.4. The molecule has 1 aromatic carbocycles. The van der Waals surface area contributed by atoms with Gasteiger partial charge in [-0.2, -0.15) is 13.2 Å². The topological polar surface area (TPSA) is 132 Å². The van der Waals surface area contributed by atoms with Crippen LogP contribution in [0, 0.1) is 12.7 Å². The number of fused-ring (bicyclic) bond motifs is 5. The molecule has 0 saturated heterocycles. The summed E-state index contributed by atoms with van der Waals surface area (Å²) in [6.45, 7) is 2.22. The molecular weight excluding hydrogens is 626 g/mol. The largest absolute Gasteiger partial charge is 0.460 e. The third-order valence-corrected chi connectivity index (χ3v) is 9.36. The van der Waals surface area contributed by atoms with Crippen molar-refractivity contribution >= 4 is 28.7 Å². The van der Waals surface area contributed by atoms with Crippen molar-refractivity contribution in [3.63, 3.8) is 0 Å². The zero-order valence-electron chi connectivity index (χ0n) is 26.1. The second-order valence-corrected chi connectivity index (χ2v) is 12.0. The Hall–Kier alpha value is -4.37. The second-order valence-electron chi connectivity index (χ2n) is 12.0. The van der Waals surface area contributed by atoms with Crippen LogP contribution in [0.25, 0.3) is 22.3 Å². The molecule has 1 aliphatic carbocycles. The Bertz CT molecular complexity index is 1890. The second kappa shape index (κ2) is 12.0. The van der Waals surface area contributed by atoms with Crippen LogP contribution in [0.1, 0.15) is 65.1 Å². The van der Waals surface area contributed by atoms with Crippen LogP contribution in [0.5, 0.6) is 0 Å². The maximum atomic E-state index is 15.2. The van der Waals surface area contributed by atoms with Crippen LogP contribution in [0.2, 0.25) is 0 Å². The van der Waals surface area contributed by atoms with Gasteiger partial charge in [-0.05, 0) is 61.6 Å². The van der Waals surface area contributed by atoms with E-state index >= 15 is 4.39 Å². The molecule has 11 nitrogen and oxygen atoms in total. The van der Waals surface area contributed by atoms with Gasteiger partial charge in [-0.1, -0.05) is 6.92 Å². The van der Waals surface area contributed by atoms with Gasteiger partial charge in [0.25, 0.3) is 11.5 Å². The van der Waals surface area contributed by atoms with Gasteiger partial charge in [0.2, 0.25) is 12.0 Å². The van der Waals surface area contributed by atoms with Crippen molar-refractivity contribution in [1.29, 1.82) is 0 Å². The highest BCUT2D eigenvalue weighted by Gasteiger charge is 2.49. The van der Waals surface area contributed by atoms with Crippen molar-refractivity contribution in [3.8, 4) is 11.4 Å². The third kappa shape index (κ3) is 5.34. The van der Waals surface area contributed by atoms with Gasteiger partial charge in [0.1, 0.15) is 19.2 Å². The number of cyclic esters (lactones) is 1. The first kappa shape index (κ1) is 32.6. The van der Waals surface area contributed by atoms with Gasteiger partial charge >= 0.3 is 12.1 Å². The summed E-state index contributed by atoms with van der Waals surface area (Å²) in [5.74, 6) is -3.61. The molecule has 250 valence electrons. The molecule has 3 aromatic rings. The first-order valence-corrected chi connectivity index (χ1v) is 15.2. The number of pyridine rings is 2. The number of esters is 1. The molecule has 0 spiro atoms. The van der Waals surface area contributed by atoms with Crippen molar-refractivity contribution in [2.45, 2.75) is 70.5 Å². The minimum absolute atomic E-state index is 0.00484. The third-order valence-electron chi connectivity index (χ3n) is 9.36. The molecule has 2 N–H and O–H groups in total. The maximum Gasteiger partial charge on any atom is 0.423 e. The van der Waals surface area contributed by atoms with Crippen molar-refractivity contribution in [2.75, 3.05) is 27.4 Å². The Labute approximate surface area is 266 Å². The normalized spacial score (nSPS) is 18.7. The number of hydrogen-bond acceptors (Lipinski definition) is 8. The number of amides is 2. The van der Waals surface area contributed by atoms with Gasteiger partial charge in [0, 0.05) is 24.1 Å². The average Bonchev–Trinajstić information content (AvgIpc) is 3.39. The number of hydrogen-bond donors (Lipinski definition) is 2. The summed E-state index contributed by atoms with van der Waals surface area (Å²) in [7, 11) is 2.74. The number of nitrogens with one attached hydrogen (secondary N) is 2. The summed E-state index contributed by atoms with van der Waals surface area (Å²) < 4.78 is 69.4. The van der Waals surface area contributed by atoms with Crippen LogP contribution < -0.4 is 16.2 Å². The van der Waals surface area contributed by atoms with Crippen LogP contribution in [-0.2, 0) is 43.4 Å². The van der Waals surface area contributed by atoms with Crippen LogP contribution in [0.3, 0.4) is 0 Å². The maximum absolute atomic E-state index is 15.2. The average molecular weight is 660 g/mol. The summed E-state index contributed by atoms with van der Waals surface area (Å²) >= 11 is 0. The molecular formula is C32H33F4N5O6. The molecule has 0 fully saturated rings. The van der Waals surface area contributed by atoms with Gasteiger partial charge in [0.05, 0.1) is 47.5 Å². The lowest BCUT2D eigenvalue weighted by atomic mass is 9.81. The number of nitrogens with zero attached hydrogens (tertiary/aromatic N) is 3. The minimum atomic E-state index is -5.10. The van der Waals surface area contributed by atoms with Crippen molar-refractivity contribution in [3.05, 3.63) is 61.7 Å². The molecule has 0 bridgehead atoms. The molecule has 3 unspecified atom stereocenters. The Morgan fingerprint density at radius 1 is 1.21 bits per heavy atom. The molecule has 4 heterocycles. The summed E-state index contributed by atoms with van der Waals surface area (Å²) in [6.07, 6.45) is -7.16. The fourth-order valence-electron chi connectivity index (χ4n) is 7.01. The summed E-state index contributed by atoms with van der Waals surface area (Å²) in [6, 6.07) is 2.05. The van der Waals surface area contributed by atoms with Gasteiger partial charge in [0.15, 0.2) is 0 Å².